The van der Waals surface area contributed by atoms with E-state index < -0.39 is 0 Å². The van der Waals surface area contributed by atoms with Gasteiger partial charge in [0, 0.05) is 13.1 Å². The summed E-state index contributed by atoms with van der Waals surface area (Å²) in [5.41, 5.74) is 2.62. The van der Waals surface area contributed by atoms with E-state index in [-0.39, 0.29) is 0 Å². The standard InChI is InChI=1S/C27H38N2O2/c1-2-16-28(15-1)19-5-21-30-26-11-7-24(8-12-26)23-25-9-13-27(14-10-25)31-22-6-20-29-17-3-4-18-29/h7-14H,1-6,15-23H2. The second kappa shape index (κ2) is 12.1. The number of benzene rings is 2. The van der Waals surface area contributed by atoms with Crippen molar-refractivity contribution in [3.05, 3.63) is 59.7 Å². The fourth-order valence-electron chi connectivity index (χ4n) is 4.61. The van der Waals surface area contributed by atoms with Crippen LogP contribution >= 0.6 is 0 Å². The van der Waals surface area contributed by atoms with Crippen molar-refractivity contribution >= 4 is 0 Å². The van der Waals surface area contributed by atoms with E-state index in [4.69, 9.17) is 9.47 Å². The average molecular weight is 423 g/mol. The van der Waals surface area contributed by atoms with Gasteiger partial charge in [-0.05, 0) is 107 Å². The molecule has 0 saturated carbocycles. The van der Waals surface area contributed by atoms with E-state index in [1.54, 1.807) is 0 Å². The molecule has 0 aliphatic carbocycles. The average Bonchev–Trinajstić information content (AvgIpc) is 3.51. The fraction of sp³-hybridized carbons (Fsp3) is 0.556. The van der Waals surface area contributed by atoms with Gasteiger partial charge in [0.15, 0.2) is 0 Å². The molecule has 2 aliphatic rings. The molecule has 0 amide bonds. The number of nitrogens with zero attached hydrogens (tertiary/aromatic N) is 2. The molecule has 4 heteroatoms. The predicted molar refractivity (Wildman–Crippen MR) is 127 cm³/mol. The topological polar surface area (TPSA) is 24.9 Å². The fourth-order valence-corrected chi connectivity index (χ4v) is 4.61. The van der Waals surface area contributed by atoms with Crippen LogP contribution in [0, 0.1) is 0 Å². The Morgan fingerprint density at radius 2 is 0.935 bits per heavy atom. The lowest BCUT2D eigenvalue weighted by Gasteiger charge is -2.14. The smallest absolute Gasteiger partial charge is 0.119 e. The lowest BCUT2D eigenvalue weighted by Crippen LogP contribution is -2.21. The summed E-state index contributed by atoms with van der Waals surface area (Å²) in [6.45, 7) is 8.99. The van der Waals surface area contributed by atoms with E-state index in [2.05, 4.69) is 58.3 Å². The van der Waals surface area contributed by atoms with Crippen LogP contribution in [0.5, 0.6) is 11.5 Å². The van der Waals surface area contributed by atoms with Crippen LogP contribution in [0.2, 0.25) is 0 Å². The minimum atomic E-state index is 0.801. The van der Waals surface area contributed by atoms with Crippen LogP contribution in [0.25, 0.3) is 0 Å². The van der Waals surface area contributed by atoms with E-state index in [1.165, 1.54) is 63.0 Å². The van der Waals surface area contributed by atoms with Gasteiger partial charge in [-0.3, -0.25) is 0 Å². The molecule has 4 nitrogen and oxygen atoms in total. The van der Waals surface area contributed by atoms with Gasteiger partial charge >= 0.3 is 0 Å². The molecule has 0 spiro atoms. The maximum atomic E-state index is 5.92. The molecule has 2 aromatic rings. The van der Waals surface area contributed by atoms with Crippen molar-refractivity contribution in [2.45, 2.75) is 44.9 Å². The summed E-state index contributed by atoms with van der Waals surface area (Å²) in [4.78, 5) is 5.08. The van der Waals surface area contributed by atoms with Crippen molar-refractivity contribution in [3.8, 4) is 11.5 Å². The molecule has 168 valence electrons. The summed E-state index contributed by atoms with van der Waals surface area (Å²) in [5, 5.41) is 0. The van der Waals surface area contributed by atoms with Crippen molar-refractivity contribution in [2.75, 3.05) is 52.5 Å². The van der Waals surface area contributed by atoms with Gasteiger partial charge in [0.2, 0.25) is 0 Å². The van der Waals surface area contributed by atoms with Crippen molar-refractivity contribution in [1.29, 1.82) is 0 Å². The predicted octanol–water partition coefficient (Wildman–Crippen LogP) is 5.01. The maximum Gasteiger partial charge on any atom is 0.119 e. The second-order valence-corrected chi connectivity index (χ2v) is 8.97. The first kappa shape index (κ1) is 22.2. The summed E-state index contributed by atoms with van der Waals surface area (Å²) < 4.78 is 11.8. The van der Waals surface area contributed by atoms with Crippen molar-refractivity contribution in [2.24, 2.45) is 0 Å². The number of likely N-dealkylation sites (tertiary alicyclic amines) is 2. The molecule has 2 saturated heterocycles. The molecule has 0 unspecified atom stereocenters. The zero-order chi connectivity index (χ0) is 21.1. The third kappa shape index (κ3) is 7.55. The minimum absolute atomic E-state index is 0.801. The number of hydrogen-bond acceptors (Lipinski definition) is 4. The Morgan fingerprint density at radius 3 is 1.32 bits per heavy atom. The van der Waals surface area contributed by atoms with Crippen LogP contribution in [0.3, 0.4) is 0 Å². The van der Waals surface area contributed by atoms with Gasteiger partial charge in [0.25, 0.3) is 0 Å². The summed E-state index contributed by atoms with van der Waals surface area (Å²) in [7, 11) is 0. The summed E-state index contributed by atoms with van der Waals surface area (Å²) in [6, 6.07) is 17.1. The van der Waals surface area contributed by atoms with E-state index in [0.717, 1.165) is 57.1 Å². The van der Waals surface area contributed by atoms with Crippen LogP contribution in [0.4, 0.5) is 0 Å². The number of hydrogen-bond donors (Lipinski definition) is 0. The highest BCUT2D eigenvalue weighted by Crippen LogP contribution is 2.18. The Morgan fingerprint density at radius 1 is 0.548 bits per heavy atom. The molecule has 0 N–H and O–H groups in total. The normalized spacial score (nSPS) is 17.3. The quantitative estimate of drug-likeness (QED) is 0.449. The largest absolute Gasteiger partial charge is 0.494 e. The monoisotopic (exact) mass is 422 g/mol. The molecule has 0 atom stereocenters. The van der Waals surface area contributed by atoms with E-state index in [9.17, 15) is 0 Å². The van der Waals surface area contributed by atoms with Crippen molar-refractivity contribution < 1.29 is 9.47 Å². The van der Waals surface area contributed by atoms with E-state index >= 15 is 0 Å². The first-order chi connectivity index (χ1) is 15.3. The third-order valence-electron chi connectivity index (χ3n) is 6.43. The molecule has 2 heterocycles. The van der Waals surface area contributed by atoms with Gasteiger partial charge in [-0.2, -0.15) is 0 Å². The van der Waals surface area contributed by atoms with E-state index in [0.29, 0.717) is 0 Å². The van der Waals surface area contributed by atoms with Crippen LogP contribution < -0.4 is 9.47 Å². The molecule has 31 heavy (non-hydrogen) atoms. The number of ether oxygens (including phenoxy) is 2. The Bertz CT molecular complexity index is 682. The first-order valence-corrected chi connectivity index (χ1v) is 12.2. The second-order valence-electron chi connectivity index (χ2n) is 8.97. The summed E-state index contributed by atoms with van der Waals surface area (Å²) in [5.74, 6) is 1.95. The SMILES string of the molecule is c1cc(OCCCN2CCCC2)ccc1Cc1ccc(OCCCN2CCCC2)cc1. The van der Waals surface area contributed by atoms with Crippen LogP contribution in [-0.4, -0.2) is 62.3 Å². The molecule has 0 radical (unpaired) electrons. The Balaban J connectivity index is 1.13. The zero-order valence-electron chi connectivity index (χ0n) is 18.9. The van der Waals surface area contributed by atoms with E-state index in [1.807, 2.05) is 0 Å². The summed E-state index contributed by atoms with van der Waals surface area (Å²) in [6.07, 6.45) is 8.58. The Labute approximate surface area is 188 Å². The number of rotatable bonds is 12. The lowest BCUT2D eigenvalue weighted by atomic mass is 10.0. The van der Waals surface area contributed by atoms with Crippen LogP contribution in [0.15, 0.2) is 48.5 Å². The van der Waals surface area contributed by atoms with Gasteiger partial charge < -0.3 is 19.3 Å². The molecular weight excluding hydrogens is 384 g/mol. The van der Waals surface area contributed by atoms with Crippen molar-refractivity contribution in [1.82, 2.24) is 9.80 Å². The van der Waals surface area contributed by atoms with Gasteiger partial charge in [-0.1, -0.05) is 24.3 Å². The minimum Gasteiger partial charge on any atom is -0.494 e. The van der Waals surface area contributed by atoms with Gasteiger partial charge in [0.1, 0.15) is 11.5 Å². The van der Waals surface area contributed by atoms with Crippen LogP contribution in [-0.2, 0) is 6.42 Å². The van der Waals surface area contributed by atoms with Crippen LogP contribution in [0.1, 0.15) is 49.7 Å². The Kier molecular flexibility index (Phi) is 8.66. The Hall–Kier alpha value is -2.04. The maximum absolute atomic E-state index is 5.92. The first-order valence-electron chi connectivity index (χ1n) is 12.2. The van der Waals surface area contributed by atoms with Gasteiger partial charge in [-0.25, -0.2) is 0 Å². The molecule has 2 aliphatic heterocycles. The molecule has 4 rings (SSSR count). The third-order valence-corrected chi connectivity index (χ3v) is 6.43. The molecule has 0 aromatic heterocycles. The van der Waals surface area contributed by atoms with Crippen molar-refractivity contribution in [3.63, 3.8) is 0 Å². The molecular formula is C27H38N2O2. The van der Waals surface area contributed by atoms with Gasteiger partial charge in [-0.15, -0.1) is 0 Å². The van der Waals surface area contributed by atoms with Gasteiger partial charge in [0.05, 0.1) is 13.2 Å². The lowest BCUT2D eigenvalue weighted by molar-refractivity contribution is 0.263. The molecule has 2 fully saturated rings. The highest BCUT2D eigenvalue weighted by Gasteiger charge is 2.11. The zero-order valence-corrected chi connectivity index (χ0v) is 18.9. The molecule has 2 aromatic carbocycles. The highest BCUT2D eigenvalue weighted by molar-refractivity contribution is 5.34. The molecule has 0 bridgehead atoms. The summed E-state index contributed by atoms with van der Waals surface area (Å²) >= 11 is 0. The highest BCUT2D eigenvalue weighted by atomic mass is 16.5.